The standard InChI is InChI=1S/C32H21N2O.C5H8O2.Ir/c1-18(2)20-9-7-12-28-29(20)24-17-22-21-8-3-4-11-26(21)34-27-14-13-19(25-10-5-6-15-33-25)16-23(27)30(31(22)34)32(24)35-28;1-4(6)3-5(2)7;/h3-12,14-18H,1-2H3;3,6H,1-2H3;/q-1;;/b;4-3-;. The first-order valence-electron chi connectivity index (χ1n) is 14.1. The molecule has 0 aliphatic carbocycles. The minimum Gasteiger partial charge on any atom is -0.512 e. The Hall–Kier alpha value is -4.51. The molecule has 6 heteroatoms. The van der Waals surface area contributed by atoms with Crippen LogP contribution in [0.2, 0.25) is 0 Å². The molecule has 0 fully saturated rings. The fraction of sp³-hybridized carbons (Fsp3) is 0.135. The van der Waals surface area contributed by atoms with Gasteiger partial charge in [-0.25, -0.2) is 0 Å². The molecule has 43 heavy (non-hydrogen) atoms. The number of allylic oxidation sites excluding steroid dienone is 2. The Morgan fingerprint density at radius 3 is 2.40 bits per heavy atom. The van der Waals surface area contributed by atoms with Crippen LogP contribution in [0, 0.1) is 6.07 Å². The maximum atomic E-state index is 10.0. The number of carbonyl (C=O) groups is 1. The first-order valence-corrected chi connectivity index (χ1v) is 14.1. The number of aliphatic hydroxyl groups is 1. The van der Waals surface area contributed by atoms with E-state index in [9.17, 15) is 4.79 Å². The number of hydrogen-bond donors (Lipinski definition) is 1. The molecule has 1 N–H and O–H groups in total. The summed E-state index contributed by atoms with van der Waals surface area (Å²) in [4.78, 5) is 14.6. The number of fused-ring (bicyclic) bond motifs is 10. The van der Waals surface area contributed by atoms with Crippen molar-refractivity contribution in [1.29, 1.82) is 0 Å². The molecule has 8 rings (SSSR count). The normalized spacial score (nSPS) is 12.1. The van der Waals surface area contributed by atoms with E-state index >= 15 is 0 Å². The molecule has 4 aromatic heterocycles. The number of aliphatic hydroxyl groups excluding tert-OH is 1. The maximum Gasteiger partial charge on any atom is 0.155 e. The molecule has 0 atom stereocenters. The SMILES string of the molecule is CC(=O)/C=C(/C)O.CC(C)c1cccc2oc3c(cc4c5ccccc5n5c6c[c-]c(-c7ccccn7)cc6c3c45)c12.[Ir]. The molecule has 8 aromatic rings. The van der Waals surface area contributed by atoms with E-state index in [1.165, 1.54) is 68.8 Å². The second kappa shape index (κ2) is 11.0. The molecule has 0 unspecified atom stereocenters. The van der Waals surface area contributed by atoms with E-state index in [1.807, 2.05) is 24.4 Å². The van der Waals surface area contributed by atoms with Crippen LogP contribution in [0.1, 0.15) is 39.2 Å². The summed E-state index contributed by atoms with van der Waals surface area (Å²) in [6.07, 6.45) is 3.00. The quantitative estimate of drug-likeness (QED) is 0.111. The molecule has 0 aliphatic rings. The van der Waals surface area contributed by atoms with Gasteiger partial charge in [0.1, 0.15) is 11.2 Å². The number of aromatic nitrogens is 2. The molecule has 0 aliphatic heterocycles. The van der Waals surface area contributed by atoms with Gasteiger partial charge in [-0.2, -0.15) is 0 Å². The average molecular weight is 742 g/mol. The van der Waals surface area contributed by atoms with Gasteiger partial charge in [-0.05, 0) is 60.8 Å². The number of ketones is 1. The van der Waals surface area contributed by atoms with Crippen molar-refractivity contribution < 1.29 is 34.4 Å². The predicted molar refractivity (Wildman–Crippen MR) is 172 cm³/mol. The van der Waals surface area contributed by atoms with Crippen molar-refractivity contribution in [1.82, 2.24) is 9.38 Å². The molecular weight excluding hydrogens is 713 g/mol. The number of para-hydroxylation sites is 1. The van der Waals surface area contributed by atoms with Gasteiger partial charge in [-0.1, -0.05) is 61.7 Å². The molecular formula is C37H29IrN2O3-. The van der Waals surface area contributed by atoms with Crippen molar-refractivity contribution in [2.45, 2.75) is 33.6 Å². The Morgan fingerprint density at radius 1 is 0.907 bits per heavy atom. The smallest absolute Gasteiger partial charge is 0.155 e. The van der Waals surface area contributed by atoms with Crippen LogP contribution < -0.4 is 0 Å². The zero-order chi connectivity index (χ0) is 29.1. The molecule has 0 bridgehead atoms. The third-order valence-corrected chi connectivity index (χ3v) is 7.87. The number of pyridine rings is 1. The van der Waals surface area contributed by atoms with Gasteiger partial charge in [-0.15, -0.1) is 23.8 Å². The fourth-order valence-electron chi connectivity index (χ4n) is 6.25. The molecule has 1 radical (unpaired) electrons. The zero-order valence-corrected chi connectivity index (χ0v) is 26.6. The minimum absolute atomic E-state index is 0. The number of carbonyl (C=O) groups excluding carboxylic acids is 1. The Morgan fingerprint density at radius 2 is 1.70 bits per heavy atom. The van der Waals surface area contributed by atoms with Gasteiger partial charge >= 0.3 is 0 Å². The largest absolute Gasteiger partial charge is 0.512 e. The molecule has 0 saturated carbocycles. The van der Waals surface area contributed by atoms with E-state index in [4.69, 9.17) is 9.52 Å². The van der Waals surface area contributed by atoms with Crippen molar-refractivity contribution in [2.75, 3.05) is 0 Å². The Bertz CT molecular complexity index is 2320. The fourth-order valence-corrected chi connectivity index (χ4v) is 6.25. The van der Waals surface area contributed by atoms with Gasteiger partial charge in [-0.3, -0.25) is 4.79 Å². The third kappa shape index (κ3) is 4.58. The number of benzene rings is 4. The third-order valence-electron chi connectivity index (χ3n) is 7.87. The number of hydrogen-bond acceptors (Lipinski definition) is 4. The Labute approximate surface area is 262 Å². The van der Waals surface area contributed by atoms with Gasteiger partial charge in [0.2, 0.25) is 0 Å². The molecule has 4 heterocycles. The van der Waals surface area contributed by atoms with Crippen molar-refractivity contribution in [2.24, 2.45) is 0 Å². The Balaban J connectivity index is 0.000000371. The van der Waals surface area contributed by atoms with E-state index in [0.717, 1.165) is 27.9 Å². The summed E-state index contributed by atoms with van der Waals surface area (Å²) in [5, 5.41) is 15.7. The number of furan rings is 1. The second-order valence-corrected chi connectivity index (χ2v) is 11.1. The van der Waals surface area contributed by atoms with Crippen LogP contribution in [-0.2, 0) is 24.9 Å². The van der Waals surface area contributed by atoms with E-state index < -0.39 is 0 Å². The van der Waals surface area contributed by atoms with E-state index in [0.29, 0.717) is 5.92 Å². The first kappa shape index (κ1) is 28.6. The van der Waals surface area contributed by atoms with Crippen LogP contribution in [0.5, 0.6) is 0 Å². The van der Waals surface area contributed by atoms with Gasteiger partial charge < -0.3 is 18.9 Å². The molecule has 4 aromatic carbocycles. The van der Waals surface area contributed by atoms with Crippen LogP contribution in [0.3, 0.4) is 0 Å². The van der Waals surface area contributed by atoms with Crippen LogP contribution in [0.15, 0.2) is 101 Å². The number of rotatable bonds is 3. The summed E-state index contributed by atoms with van der Waals surface area (Å²) in [7, 11) is 0. The van der Waals surface area contributed by atoms with Gasteiger partial charge in [0.15, 0.2) is 5.78 Å². The van der Waals surface area contributed by atoms with Gasteiger partial charge in [0.25, 0.3) is 0 Å². The van der Waals surface area contributed by atoms with E-state index in [1.54, 1.807) is 0 Å². The number of nitrogens with zero attached hydrogens (tertiary/aromatic N) is 2. The van der Waals surface area contributed by atoms with Crippen LogP contribution >= 0.6 is 0 Å². The molecule has 0 saturated heterocycles. The summed E-state index contributed by atoms with van der Waals surface area (Å²) >= 11 is 0. The van der Waals surface area contributed by atoms with E-state index in [2.05, 4.69) is 90.0 Å². The predicted octanol–water partition coefficient (Wildman–Crippen LogP) is 9.76. The van der Waals surface area contributed by atoms with Crippen molar-refractivity contribution in [3.63, 3.8) is 0 Å². The van der Waals surface area contributed by atoms with Gasteiger partial charge in [0.05, 0.1) is 11.3 Å². The summed E-state index contributed by atoms with van der Waals surface area (Å²) in [5.74, 6) is 0.343. The monoisotopic (exact) mass is 742 g/mol. The molecule has 0 spiro atoms. The van der Waals surface area contributed by atoms with Crippen LogP contribution in [0.25, 0.3) is 71.3 Å². The Kier molecular flexibility index (Phi) is 7.29. The van der Waals surface area contributed by atoms with Crippen LogP contribution in [0.4, 0.5) is 0 Å². The summed E-state index contributed by atoms with van der Waals surface area (Å²) in [6.45, 7) is 7.35. The average Bonchev–Trinajstić information content (AvgIpc) is 3.62. The topological polar surface area (TPSA) is 67.7 Å². The minimum atomic E-state index is -0.125. The van der Waals surface area contributed by atoms with Crippen LogP contribution in [-0.4, -0.2) is 20.3 Å². The van der Waals surface area contributed by atoms with E-state index in [-0.39, 0.29) is 31.6 Å². The summed E-state index contributed by atoms with van der Waals surface area (Å²) in [6, 6.07) is 31.3. The summed E-state index contributed by atoms with van der Waals surface area (Å²) < 4.78 is 9.05. The second-order valence-electron chi connectivity index (χ2n) is 11.1. The van der Waals surface area contributed by atoms with Gasteiger partial charge in [0, 0.05) is 64.8 Å². The molecule has 5 nitrogen and oxygen atoms in total. The maximum absolute atomic E-state index is 10.0. The first-order chi connectivity index (χ1) is 20.3. The zero-order valence-electron chi connectivity index (χ0n) is 24.2. The summed E-state index contributed by atoms with van der Waals surface area (Å²) in [5.41, 5.74) is 8.71. The molecule has 0 amide bonds. The van der Waals surface area contributed by atoms with Crippen molar-refractivity contribution in [3.05, 3.63) is 109 Å². The molecule has 215 valence electrons. The van der Waals surface area contributed by atoms with Crippen molar-refractivity contribution in [3.8, 4) is 11.3 Å². The van der Waals surface area contributed by atoms with Crippen molar-refractivity contribution >= 4 is 65.8 Å².